The van der Waals surface area contributed by atoms with Crippen LogP contribution in [0.3, 0.4) is 0 Å². The Kier molecular flexibility index (Phi) is 4.45. The molecule has 0 saturated carbocycles. The van der Waals surface area contributed by atoms with Gasteiger partial charge in [0.2, 0.25) is 0 Å². The van der Waals surface area contributed by atoms with Gasteiger partial charge in [-0.1, -0.05) is 20.3 Å². The molecule has 2 fully saturated rings. The average Bonchev–Trinajstić information content (AvgIpc) is 2.34. The predicted molar refractivity (Wildman–Crippen MR) is 71.0 cm³/mol. The number of ether oxygens (including phenoxy) is 1. The molecule has 2 saturated heterocycles. The topological polar surface area (TPSA) is 24.5 Å². The summed E-state index contributed by atoms with van der Waals surface area (Å²) in [5.41, 5.74) is -0.0953. The third-order valence-electron chi connectivity index (χ3n) is 4.29. The van der Waals surface area contributed by atoms with E-state index in [9.17, 15) is 0 Å². The highest BCUT2D eigenvalue weighted by Gasteiger charge is 2.35. The number of nitrogens with zero attached hydrogens (tertiary/aromatic N) is 1. The van der Waals surface area contributed by atoms with Crippen LogP contribution in [0.25, 0.3) is 0 Å². The summed E-state index contributed by atoms with van der Waals surface area (Å²) in [7, 11) is 0. The van der Waals surface area contributed by atoms with Crippen LogP contribution in [0.15, 0.2) is 0 Å². The number of likely N-dealkylation sites (tertiary alicyclic amines) is 1. The van der Waals surface area contributed by atoms with E-state index >= 15 is 0 Å². The second-order valence-electron chi connectivity index (χ2n) is 6.01. The van der Waals surface area contributed by atoms with Crippen molar-refractivity contribution < 1.29 is 4.74 Å². The van der Waals surface area contributed by atoms with Crippen LogP contribution in [0.5, 0.6) is 0 Å². The van der Waals surface area contributed by atoms with Crippen molar-refractivity contribution in [3.8, 4) is 0 Å². The summed E-state index contributed by atoms with van der Waals surface area (Å²) >= 11 is 0. The average molecular weight is 240 g/mol. The zero-order valence-corrected chi connectivity index (χ0v) is 11.7. The lowest BCUT2D eigenvalue weighted by Crippen LogP contribution is -2.56. The van der Waals surface area contributed by atoms with Gasteiger partial charge in [0, 0.05) is 19.0 Å². The second-order valence-corrected chi connectivity index (χ2v) is 6.01. The maximum absolute atomic E-state index is 6.04. The molecule has 17 heavy (non-hydrogen) atoms. The molecule has 0 radical (unpaired) electrons. The molecule has 3 nitrogen and oxygen atoms in total. The maximum Gasteiger partial charge on any atom is 0.117 e. The molecule has 2 aliphatic heterocycles. The smallest absolute Gasteiger partial charge is 0.117 e. The van der Waals surface area contributed by atoms with Crippen molar-refractivity contribution in [2.45, 2.75) is 58.2 Å². The van der Waals surface area contributed by atoms with Gasteiger partial charge >= 0.3 is 0 Å². The van der Waals surface area contributed by atoms with Crippen LogP contribution in [-0.4, -0.2) is 42.9 Å². The van der Waals surface area contributed by atoms with E-state index < -0.39 is 0 Å². The monoisotopic (exact) mass is 240 g/mol. The van der Waals surface area contributed by atoms with Crippen molar-refractivity contribution in [1.82, 2.24) is 10.2 Å². The van der Waals surface area contributed by atoms with Gasteiger partial charge < -0.3 is 9.64 Å². The van der Waals surface area contributed by atoms with E-state index in [1.807, 2.05) is 0 Å². The lowest BCUT2D eigenvalue weighted by atomic mass is 9.93. The fourth-order valence-corrected chi connectivity index (χ4v) is 3.11. The first kappa shape index (κ1) is 13.3. The zero-order valence-electron chi connectivity index (χ0n) is 11.7. The zero-order chi connectivity index (χ0) is 12.3. The first-order chi connectivity index (χ1) is 8.13. The van der Waals surface area contributed by atoms with Crippen molar-refractivity contribution in [1.29, 1.82) is 0 Å². The van der Waals surface area contributed by atoms with Crippen molar-refractivity contribution in [3.05, 3.63) is 0 Å². The van der Waals surface area contributed by atoms with Crippen molar-refractivity contribution in [2.24, 2.45) is 5.92 Å². The largest absolute Gasteiger partial charge is 0.361 e. The second kappa shape index (κ2) is 5.68. The van der Waals surface area contributed by atoms with Gasteiger partial charge in [-0.2, -0.15) is 0 Å². The third kappa shape index (κ3) is 3.43. The standard InChI is InChI=1S/C14H28N2O/c1-4-16-8-6-5-7-13(16)9-14(3)15-10-12(2)11-17-14/h12-13,15H,4-11H2,1-3H3. The van der Waals surface area contributed by atoms with Gasteiger partial charge in [-0.05, 0) is 38.8 Å². The van der Waals surface area contributed by atoms with E-state index in [2.05, 4.69) is 31.0 Å². The molecule has 0 aromatic carbocycles. The molecule has 0 aromatic rings. The Hall–Kier alpha value is -0.120. The molecule has 0 spiro atoms. The fraction of sp³-hybridized carbons (Fsp3) is 1.00. The first-order valence-corrected chi connectivity index (χ1v) is 7.26. The van der Waals surface area contributed by atoms with E-state index in [0.717, 1.165) is 19.6 Å². The Bertz CT molecular complexity index is 236. The highest BCUT2D eigenvalue weighted by molar-refractivity contribution is 4.87. The summed E-state index contributed by atoms with van der Waals surface area (Å²) < 4.78 is 6.04. The molecule has 3 heteroatoms. The van der Waals surface area contributed by atoms with Crippen LogP contribution >= 0.6 is 0 Å². The minimum atomic E-state index is -0.0953. The summed E-state index contributed by atoms with van der Waals surface area (Å²) in [4.78, 5) is 2.62. The Balaban J connectivity index is 1.89. The molecule has 3 unspecified atom stereocenters. The minimum Gasteiger partial charge on any atom is -0.361 e. The number of hydrogen-bond acceptors (Lipinski definition) is 3. The lowest BCUT2D eigenvalue weighted by molar-refractivity contribution is -0.118. The number of piperidine rings is 1. The SMILES string of the molecule is CCN1CCCCC1CC1(C)NCC(C)CO1. The van der Waals surface area contributed by atoms with Gasteiger partial charge in [0.05, 0.1) is 6.61 Å². The van der Waals surface area contributed by atoms with Crippen LogP contribution in [0.1, 0.15) is 46.5 Å². The summed E-state index contributed by atoms with van der Waals surface area (Å²) in [5.74, 6) is 0.650. The summed E-state index contributed by atoms with van der Waals surface area (Å²) in [6.07, 6.45) is 5.22. The van der Waals surface area contributed by atoms with Crippen LogP contribution in [0.4, 0.5) is 0 Å². The minimum absolute atomic E-state index is 0.0953. The number of nitrogens with one attached hydrogen (secondary N) is 1. The molecular weight excluding hydrogens is 212 g/mol. The van der Waals surface area contributed by atoms with Gasteiger partial charge in [0.25, 0.3) is 0 Å². The Morgan fingerprint density at radius 2 is 2.24 bits per heavy atom. The maximum atomic E-state index is 6.04. The molecule has 0 amide bonds. The Labute approximate surface area is 106 Å². The van der Waals surface area contributed by atoms with Crippen molar-refractivity contribution in [3.63, 3.8) is 0 Å². The Morgan fingerprint density at radius 1 is 1.41 bits per heavy atom. The van der Waals surface area contributed by atoms with Crippen LogP contribution in [0, 0.1) is 5.92 Å². The van der Waals surface area contributed by atoms with E-state index in [4.69, 9.17) is 4.74 Å². The highest BCUT2D eigenvalue weighted by Crippen LogP contribution is 2.27. The van der Waals surface area contributed by atoms with Crippen LogP contribution in [0.2, 0.25) is 0 Å². The van der Waals surface area contributed by atoms with Gasteiger partial charge in [0.15, 0.2) is 0 Å². The Morgan fingerprint density at radius 3 is 2.88 bits per heavy atom. The number of rotatable bonds is 3. The highest BCUT2D eigenvalue weighted by atomic mass is 16.5. The first-order valence-electron chi connectivity index (χ1n) is 7.26. The summed E-state index contributed by atoms with van der Waals surface area (Å²) in [6, 6.07) is 0.708. The van der Waals surface area contributed by atoms with E-state index in [1.165, 1.54) is 32.4 Å². The summed E-state index contributed by atoms with van der Waals surface area (Å²) in [6.45, 7) is 11.2. The molecule has 0 aromatic heterocycles. The van der Waals surface area contributed by atoms with Crippen LogP contribution in [-0.2, 0) is 4.74 Å². The molecule has 100 valence electrons. The normalized spacial score (nSPS) is 40.4. The van der Waals surface area contributed by atoms with Gasteiger partial charge in [0.1, 0.15) is 5.72 Å². The fourth-order valence-electron chi connectivity index (χ4n) is 3.11. The predicted octanol–water partition coefficient (Wildman–Crippen LogP) is 2.22. The van der Waals surface area contributed by atoms with Crippen LogP contribution < -0.4 is 5.32 Å². The number of hydrogen-bond donors (Lipinski definition) is 1. The molecule has 0 aliphatic carbocycles. The molecule has 3 atom stereocenters. The molecule has 1 N–H and O–H groups in total. The molecule has 2 rings (SSSR count). The molecule has 0 bridgehead atoms. The quantitative estimate of drug-likeness (QED) is 0.818. The van der Waals surface area contributed by atoms with E-state index in [1.54, 1.807) is 0 Å². The van der Waals surface area contributed by atoms with Crippen molar-refractivity contribution >= 4 is 0 Å². The van der Waals surface area contributed by atoms with Gasteiger partial charge in [-0.3, -0.25) is 5.32 Å². The van der Waals surface area contributed by atoms with Gasteiger partial charge in [-0.15, -0.1) is 0 Å². The van der Waals surface area contributed by atoms with E-state index in [0.29, 0.717) is 12.0 Å². The summed E-state index contributed by atoms with van der Waals surface area (Å²) in [5, 5.41) is 3.59. The third-order valence-corrected chi connectivity index (χ3v) is 4.29. The molecular formula is C14H28N2O. The molecule has 2 heterocycles. The van der Waals surface area contributed by atoms with E-state index in [-0.39, 0.29) is 5.72 Å². The molecule has 2 aliphatic rings. The van der Waals surface area contributed by atoms with Gasteiger partial charge in [-0.25, -0.2) is 0 Å². The lowest BCUT2D eigenvalue weighted by Gasteiger charge is -2.44. The van der Waals surface area contributed by atoms with Crippen molar-refractivity contribution in [2.75, 3.05) is 26.2 Å².